The molecule has 0 atom stereocenters. The Hall–Kier alpha value is 1.23. The summed E-state index contributed by atoms with van der Waals surface area (Å²) in [6.07, 6.45) is 0. The monoisotopic (exact) mass is 482 g/mol. The molecule has 0 saturated heterocycles. The lowest BCUT2D eigenvalue weighted by Crippen LogP contribution is -1.84. The van der Waals surface area contributed by atoms with Gasteiger partial charge in [-0.05, 0) is 24.3 Å². The van der Waals surface area contributed by atoms with E-state index in [4.69, 9.17) is 69.6 Å². The lowest BCUT2D eigenvalue weighted by molar-refractivity contribution is 1.32. The third-order valence-corrected chi connectivity index (χ3v) is 7.60. The molecule has 23 heavy (non-hydrogen) atoms. The van der Waals surface area contributed by atoms with Crippen LogP contribution in [-0.2, 0) is 0 Å². The largest absolute Gasteiger partial charge is 0.114 e. The highest BCUT2D eigenvalue weighted by Gasteiger charge is 2.13. The van der Waals surface area contributed by atoms with Gasteiger partial charge in [-0.25, -0.2) is 0 Å². The van der Waals surface area contributed by atoms with E-state index >= 15 is 0 Å². The Kier molecular flexibility index (Phi) is 8.75. The van der Waals surface area contributed by atoms with Crippen LogP contribution >= 0.6 is 105 Å². The van der Waals surface area contributed by atoms with Gasteiger partial charge in [0.25, 0.3) is 0 Å². The van der Waals surface area contributed by atoms with E-state index in [2.05, 4.69) is 0 Å². The van der Waals surface area contributed by atoms with Gasteiger partial charge in [-0.2, -0.15) is 0 Å². The Balaban J connectivity index is 2.32. The van der Waals surface area contributed by atoms with Crippen molar-refractivity contribution in [1.82, 2.24) is 0 Å². The number of thioether (sulfide) groups is 2. The van der Waals surface area contributed by atoms with E-state index in [0.29, 0.717) is 30.5 Å². The smallest absolute Gasteiger partial charge is 0.0728 e. The van der Waals surface area contributed by atoms with E-state index in [1.807, 2.05) is 0 Å². The number of alkyl halides is 2. The first-order valence-corrected chi connectivity index (χ1v) is 11.4. The van der Waals surface area contributed by atoms with Gasteiger partial charge in [-0.1, -0.05) is 58.2 Å². The van der Waals surface area contributed by atoms with Crippen LogP contribution in [0, 0.1) is 0 Å². The summed E-state index contributed by atoms with van der Waals surface area (Å²) in [6, 6.07) is 7.20. The molecule has 0 nitrogen and oxygen atoms in total. The van der Waals surface area contributed by atoms with E-state index in [9.17, 15) is 0 Å². The first-order valence-electron chi connectivity index (χ1n) is 5.99. The molecule has 0 aliphatic heterocycles. The second-order valence-electron chi connectivity index (χ2n) is 4.04. The van der Waals surface area contributed by atoms with E-state index in [0.717, 1.165) is 19.6 Å². The van der Waals surface area contributed by atoms with E-state index in [1.165, 1.54) is 35.3 Å². The minimum absolute atomic E-state index is 0.406. The van der Waals surface area contributed by atoms with Gasteiger partial charge < -0.3 is 0 Å². The molecule has 0 aromatic heterocycles. The normalized spacial score (nSPS) is 11.0. The van der Waals surface area contributed by atoms with E-state index in [-0.39, 0.29) is 0 Å². The van der Waals surface area contributed by atoms with Crippen LogP contribution in [0.2, 0.25) is 20.1 Å². The van der Waals surface area contributed by atoms with Crippen molar-refractivity contribution in [3.63, 3.8) is 0 Å². The van der Waals surface area contributed by atoms with Crippen LogP contribution in [0.5, 0.6) is 0 Å². The highest BCUT2D eigenvalue weighted by Crippen LogP contribution is 2.44. The van der Waals surface area contributed by atoms with Crippen LogP contribution < -0.4 is 0 Å². The van der Waals surface area contributed by atoms with Crippen LogP contribution in [0.4, 0.5) is 0 Å². The highest BCUT2D eigenvalue weighted by atomic mass is 35.5. The lowest BCUT2D eigenvalue weighted by atomic mass is 10.3. The topological polar surface area (TPSA) is 0 Å². The van der Waals surface area contributed by atoms with E-state index < -0.39 is 0 Å². The van der Waals surface area contributed by atoms with Crippen molar-refractivity contribution in [2.24, 2.45) is 0 Å². The van der Waals surface area contributed by atoms with Gasteiger partial charge in [-0.3, -0.25) is 0 Å². The second kappa shape index (κ2) is 9.80. The summed E-state index contributed by atoms with van der Waals surface area (Å²) >= 11 is 40.9. The molecule has 124 valence electrons. The summed E-state index contributed by atoms with van der Waals surface area (Å²) in [5, 5.41) is 3.17. The molecule has 2 aromatic carbocycles. The Morgan fingerprint density at radius 2 is 0.870 bits per heavy atom. The maximum Gasteiger partial charge on any atom is 0.0728 e. The molecule has 0 aliphatic rings. The zero-order valence-corrected chi connectivity index (χ0v) is 18.2. The molecule has 0 fully saturated rings. The molecule has 2 rings (SSSR count). The Bertz CT molecular complexity index is 648. The van der Waals surface area contributed by atoms with Gasteiger partial charge in [0, 0.05) is 19.6 Å². The number of rotatable bonds is 6. The minimum Gasteiger partial charge on any atom is -0.114 e. The summed E-state index contributed by atoms with van der Waals surface area (Å²) in [7, 11) is 0. The molecule has 9 heteroatoms. The second-order valence-corrected chi connectivity index (χ2v) is 9.95. The molecule has 0 heterocycles. The van der Waals surface area contributed by atoms with Crippen LogP contribution in [0.3, 0.4) is 0 Å². The fourth-order valence-corrected chi connectivity index (χ4v) is 5.75. The zero-order valence-electron chi connectivity index (χ0n) is 11.2. The third-order valence-electron chi connectivity index (χ3n) is 2.61. The van der Waals surface area contributed by atoms with Gasteiger partial charge in [0.1, 0.15) is 0 Å². The number of hydrogen-bond donors (Lipinski definition) is 0. The van der Waals surface area contributed by atoms with E-state index in [1.54, 1.807) is 24.3 Å². The standard InChI is InChI=1S/C14H8Cl6S3/c15-5-21-11-1-9(19)13(3-7(11)17)23-14-4-8(18)12(22-6-16)2-10(14)20/h1-4H,5-6H2. The van der Waals surface area contributed by atoms with Crippen molar-refractivity contribution in [1.29, 1.82) is 0 Å². The molecule has 0 N–H and O–H groups in total. The third kappa shape index (κ3) is 5.60. The SMILES string of the molecule is ClCSc1cc(Cl)c(Sc2cc(Cl)c(SCCl)cc2Cl)cc1Cl. The molecule has 0 spiro atoms. The quantitative estimate of drug-likeness (QED) is 0.296. The van der Waals surface area contributed by atoms with Crippen LogP contribution in [0.15, 0.2) is 43.8 Å². The number of benzene rings is 2. The summed E-state index contributed by atoms with van der Waals surface area (Å²) in [5.74, 6) is 0. The minimum atomic E-state index is 0.406. The maximum atomic E-state index is 6.33. The number of hydrogen-bond acceptors (Lipinski definition) is 3. The van der Waals surface area contributed by atoms with Crippen molar-refractivity contribution in [2.75, 3.05) is 10.4 Å². The van der Waals surface area contributed by atoms with Crippen molar-refractivity contribution in [3.05, 3.63) is 44.4 Å². The van der Waals surface area contributed by atoms with Gasteiger partial charge in [0.2, 0.25) is 0 Å². The molecular weight excluding hydrogens is 477 g/mol. The average Bonchev–Trinajstić information content (AvgIpc) is 2.49. The molecule has 0 amide bonds. The van der Waals surface area contributed by atoms with Crippen LogP contribution in [0.1, 0.15) is 0 Å². The van der Waals surface area contributed by atoms with Crippen LogP contribution in [-0.4, -0.2) is 10.4 Å². The molecule has 0 unspecified atom stereocenters. The first kappa shape index (κ1) is 20.5. The van der Waals surface area contributed by atoms with Crippen molar-refractivity contribution >= 4 is 105 Å². The maximum absolute atomic E-state index is 6.33. The zero-order chi connectivity index (χ0) is 17.0. The molecule has 0 radical (unpaired) electrons. The summed E-state index contributed by atoms with van der Waals surface area (Å²) < 4.78 is 0. The molecule has 0 bridgehead atoms. The summed E-state index contributed by atoms with van der Waals surface area (Å²) in [6.45, 7) is 0. The summed E-state index contributed by atoms with van der Waals surface area (Å²) in [4.78, 5) is 3.28. The first-order chi connectivity index (χ1) is 11.0. The molecule has 2 aromatic rings. The molecule has 0 saturated carbocycles. The predicted molar refractivity (Wildman–Crippen MR) is 110 cm³/mol. The van der Waals surface area contributed by atoms with Gasteiger partial charge in [0.05, 0.1) is 30.5 Å². The lowest BCUT2D eigenvalue weighted by Gasteiger charge is -2.11. The predicted octanol–water partition coefficient (Wildman–Crippen LogP) is 9.03. The Morgan fingerprint density at radius 1 is 0.565 bits per heavy atom. The van der Waals surface area contributed by atoms with Gasteiger partial charge in [0.15, 0.2) is 0 Å². The fraction of sp³-hybridized carbons (Fsp3) is 0.143. The average molecular weight is 485 g/mol. The van der Waals surface area contributed by atoms with Crippen LogP contribution in [0.25, 0.3) is 0 Å². The van der Waals surface area contributed by atoms with Crippen molar-refractivity contribution < 1.29 is 0 Å². The van der Waals surface area contributed by atoms with Crippen molar-refractivity contribution in [3.8, 4) is 0 Å². The van der Waals surface area contributed by atoms with Crippen molar-refractivity contribution in [2.45, 2.75) is 19.6 Å². The summed E-state index contributed by atoms with van der Waals surface area (Å²) in [5.41, 5.74) is 0. The Labute approximate surface area is 177 Å². The number of halogens is 6. The van der Waals surface area contributed by atoms with Gasteiger partial charge in [-0.15, -0.1) is 46.7 Å². The van der Waals surface area contributed by atoms with Gasteiger partial charge >= 0.3 is 0 Å². The Morgan fingerprint density at radius 3 is 1.22 bits per heavy atom. The highest BCUT2D eigenvalue weighted by molar-refractivity contribution is 8.01. The molecular formula is C14H8Cl6S3. The fourth-order valence-electron chi connectivity index (χ4n) is 1.63. The molecule has 0 aliphatic carbocycles.